The Kier molecular flexibility index (Phi) is 9.20. The molecule has 1 heterocycles. The van der Waals surface area contributed by atoms with Gasteiger partial charge in [-0.05, 0) is 30.2 Å². The number of nitrogens with two attached hydrogens (primary N) is 1. The Hall–Kier alpha value is -2.16. The van der Waals surface area contributed by atoms with E-state index in [0.717, 1.165) is 0 Å². The highest BCUT2D eigenvalue weighted by molar-refractivity contribution is 5.97. The molecular formula is C18H27ClN4O4. The summed E-state index contributed by atoms with van der Waals surface area (Å²) in [6.45, 7) is 5.77. The minimum absolute atomic E-state index is 0. The molecule has 1 aliphatic rings. The SMILES string of the molecule is CC(C)[C@H](N)C(=O)NCC(=O)Nc1ccc(C(=O)N2CCOCC2)cc1.Cl. The summed E-state index contributed by atoms with van der Waals surface area (Å²) in [6, 6.07) is 6.01. The highest BCUT2D eigenvalue weighted by Crippen LogP contribution is 2.12. The van der Waals surface area contributed by atoms with Gasteiger partial charge in [-0.2, -0.15) is 0 Å². The minimum Gasteiger partial charge on any atom is -0.378 e. The molecule has 0 unspecified atom stereocenters. The highest BCUT2D eigenvalue weighted by Gasteiger charge is 2.19. The second-order valence-corrected chi connectivity index (χ2v) is 6.52. The van der Waals surface area contributed by atoms with E-state index in [0.29, 0.717) is 37.6 Å². The molecule has 0 spiro atoms. The number of nitrogens with zero attached hydrogens (tertiary/aromatic N) is 1. The van der Waals surface area contributed by atoms with Gasteiger partial charge < -0.3 is 26.0 Å². The number of halogens is 1. The Morgan fingerprint density at radius 1 is 1.15 bits per heavy atom. The third-order valence-corrected chi connectivity index (χ3v) is 4.16. The fourth-order valence-electron chi connectivity index (χ4n) is 2.44. The molecule has 0 aliphatic carbocycles. The van der Waals surface area contributed by atoms with Crippen molar-refractivity contribution in [2.24, 2.45) is 11.7 Å². The Bertz CT molecular complexity index is 645. The molecule has 0 aromatic heterocycles. The molecule has 27 heavy (non-hydrogen) atoms. The van der Waals surface area contributed by atoms with E-state index in [1.165, 1.54) is 0 Å². The Morgan fingerprint density at radius 3 is 2.30 bits per heavy atom. The van der Waals surface area contributed by atoms with Crippen LogP contribution in [0.4, 0.5) is 5.69 Å². The van der Waals surface area contributed by atoms with E-state index in [9.17, 15) is 14.4 Å². The Labute approximate surface area is 165 Å². The smallest absolute Gasteiger partial charge is 0.254 e. The normalized spacial score (nSPS) is 14.9. The first-order valence-electron chi connectivity index (χ1n) is 8.68. The zero-order valence-corrected chi connectivity index (χ0v) is 16.4. The van der Waals surface area contributed by atoms with Crippen LogP contribution < -0.4 is 16.4 Å². The maximum absolute atomic E-state index is 12.4. The first-order chi connectivity index (χ1) is 12.4. The standard InChI is InChI=1S/C18H26N4O4.ClH/c1-12(2)16(19)17(24)20-11-15(23)21-14-5-3-13(4-6-14)18(25)22-7-9-26-10-8-22;/h3-6,12,16H,7-11,19H2,1-2H3,(H,20,24)(H,21,23);1H/t16-;/m0./s1. The molecule has 0 radical (unpaired) electrons. The van der Waals surface area contributed by atoms with Crippen molar-refractivity contribution in [1.29, 1.82) is 0 Å². The van der Waals surface area contributed by atoms with Crippen LogP contribution in [0.2, 0.25) is 0 Å². The van der Waals surface area contributed by atoms with Crippen LogP contribution in [0.25, 0.3) is 0 Å². The zero-order valence-electron chi connectivity index (χ0n) is 15.6. The van der Waals surface area contributed by atoms with Gasteiger partial charge in [-0.3, -0.25) is 14.4 Å². The number of nitrogens with one attached hydrogen (secondary N) is 2. The molecule has 4 N–H and O–H groups in total. The van der Waals surface area contributed by atoms with Crippen LogP contribution in [0, 0.1) is 5.92 Å². The lowest BCUT2D eigenvalue weighted by molar-refractivity contribution is -0.125. The number of hydrogen-bond donors (Lipinski definition) is 3. The molecule has 0 bridgehead atoms. The number of rotatable bonds is 6. The fraction of sp³-hybridized carbons (Fsp3) is 0.500. The molecule has 2 rings (SSSR count). The summed E-state index contributed by atoms with van der Waals surface area (Å²) in [4.78, 5) is 37.8. The van der Waals surface area contributed by atoms with Gasteiger partial charge in [0.15, 0.2) is 0 Å². The molecule has 1 aromatic rings. The number of hydrogen-bond acceptors (Lipinski definition) is 5. The number of anilines is 1. The van der Waals surface area contributed by atoms with Crippen LogP contribution in [-0.2, 0) is 14.3 Å². The van der Waals surface area contributed by atoms with E-state index >= 15 is 0 Å². The summed E-state index contributed by atoms with van der Waals surface area (Å²) in [5.74, 6) is -0.779. The third-order valence-electron chi connectivity index (χ3n) is 4.16. The van der Waals surface area contributed by atoms with Crippen molar-refractivity contribution in [3.8, 4) is 0 Å². The van der Waals surface area contributed by atoms with Gasteiger partial charge in [-0.1, -0.05) is 13.8 Å². The van der Waals surface area contributed by atoms with Crippen molar-refractivity contribution < 1.29 is 19.1 Å². The molecule has 1 saturated heterocycles. The average Bonchev–Trinajstić information content (AvgIpc) is 2.66. The topological polar surface area (TPSA) is 114 Å². The van der Waals surface area contributed by atoms with Gasteiger partial charge in [0.25, 0.3) is 5.91 Å². The molecule has 0 saturated carbocycles. The lowest BCUT2D eigenvalue weighted by Crippen LogP contribution is -2.46. The second-order valence-electron chi connectivity index (χ2n) is 6.52. The summed E-state index contributed by atoms with van der Waals surface area (Å²) in [6.07, 6.45) is 0. The molecule has 1 fully saturated rings. The van der Waals surface area contributed by atoms with E-state index in [1.54, 1.807) is 29.2 Å². The zero-order chi connectivity index (χ0) is 19.1. The fourth-order valence-corrected chi connectivity index (χ4v) is 2.44. The highest BCUT2D eigenvalue weighted by atomic mass is 35.5. The Balaban J connectivity index is 0.00000364. The maximum atomic E-state index is 12.4. The molecule has 1 aromatic carbocycles. The molecule has 8 nitrogen and oxygen atoms in total. The van der Waals surface area contributed by atoms with Gasteiger partial charge in [0, 0.05) is 24.3 Å². The van der Waals surface area contributed by atoms with Crippen LogP contribution in [0.3, 0.4) is 0 Å². The van der Waals surface area contributed by atoms with Crippen molar-refractivity contribution >= 4 is 35.8 Å². The van der Waals surface area contributed by atoms with E-state index in [-0.39, 0.29) is 42.6 Å². The number of amides is 3. The van der Waals surface area contributed by atoms with Crippen LogP contribution in [0.5, 0.6) is 0 Å². The van der Waals surface area contributed by atoms with Gasteiger partial charge >= 0.3 is 0 Å². The molecule has 150 valence electrons. The molecule has 9 heteroatoms. The third kappa shape index (κ3) is 6.82. The number of carbonyl (C=O) groups is 3. The van der Waals surface area contributed by atoms with E-state index in [1.807, 2.05) is 13.8 Å². The Morgan fingerprint density at radius 2 is 1.74 bits per heavy atom. The minimum atomic E-state index is -0.645. The van der Waals surface area contributed by atoms with Crippen LogP contribution in [0.15, 0.2) is 24.3 Å². The molecular weight excluding hydrogens is 372 g/mol. The van der Waals surface area contributed by atoms with Gasteiger partial charge in [-0.15, -0.1) is 12.4 Å². The first kappa shape index (κ1) is 22.9. The van der Waals surface area contributed by atoms with Crippen molar-refractivity contribution in [2.45, 2.75) is 19.9 Å². The quantitative estimate of drug-likeness (QED) is 0.650. The van der Waals surface area contributed by atoms with Gasteiger partial charge in [-0.25, -0.2) is 0 Å². The van der Waals surface area contributed by atoms with E-state index in [4.69, 9.17) is 10.5 Å². The molecule has 1 atom stereocenters. The van der Waals surface area contributed by atoms with Crippen LogP contribution >= 0.6 is 12.4 Å². The largest absolute Gasteiger partial charge is 0.378 e. The summed E-state index contributed by atoms with van der Waals surface area (Å²) in [7, 11) is 0. The average molecular weight is 399 g/mol. The van der Waals surface area contributed by atoms with Gasteiger partial charge in [0.2, 0.25) is 11.8 Å². The van der Waals surface area contributed by atoms with Crippen molar-refractivity contribution in [2.75, 3.05) is 38.2 Å². The molecule has 1 aliphatic heterocycles. The van der Waals surface area contributed by atoms with Crippen LogP contribution in [0.1, 0.15) is 24.2 Å². The number of morpholine rings is 1. The maximum Gasteiger partial charge on any atom is 0.254 e. The summed E-state index contributed by atoms with van der Waals surface area (Å²) in [5.41, 5.74) is 6.83. The van der Waals surface area contributed by atoms with Gasteiger partial charge in [0.05, 0.1) is 25.8 Å². The van der Waals surface area contributed by atoms with Crippen LogP contribution in [-0.4, -0.2) is 61.5 Å². The lowest BCUT2D eigenvalue weighted by Gasteiger charge is -2.26. The summed E-state index contributed by atoms with van der Waals surface area (Å²) in [5, 5.41) is 5.18. The monoisotopic (exact) mass is 398 g/mol. The number of carbonyl (C=O) groups excluding carboxylic acids is 3. The lowest BCUT2D eigenvalue weighted by atomic mass is 10.1. The molecule has 3 amide bonds. The van der Waals surface area contributed by atoms with Gasteiger partial charge in [0.1, 0.15) is 0 Å². The number of ether oxygens (including phenoxy) is 1. The van der Waals surface area contributed by atoms with Crippen molar-refractivity contribution in [3.63, 3.8) is 0 Å². The summed E-state index contributed by atoms with van der Waals surface area (Å²) >= 11 is 0. The van der Waals surface area contributed by atoms with E-state index < -0.39 is 6.04 Å². The van der Waals surface area contributed by atoms with E-state index in [2.05, 4.69) is 10.6 Å². The predicted molar refractivity (Wildman–Crippen MR) is 105 cm³/mol. The van der Waals surface area contributed by atoms with Crippen molar-refractivity contribution in [3.05, 3.63) is 29.8 Å². The predicted octanol–water partition coefficient (Wildman–Crippen LogP) is 0.619. The summed E-state index contributed by atoms with van der Waals surface area (Å²) < 4.78 is 5.24. The number of benzene rings is 1. The first-order valence-corrected chi connectivity index (χ1v) is 8.68. The second kappa shape index (κ2) is 10.9. The van der Waals surface area contributed by atoms with Crippen molar-refractivity contribution in [1.82, 2.24) is 10.2 Å².